The molecule has 138 valence electrons. The molecular formula is C21H28N4O. The zero-order chi connectivity index (χ0) is 18.2. The topological polar surface area (TPSA) is 58.5 Å². The summed E-state index contributed by atoms with van der Waals surface area (Å²) in [6.45, 7) is 4.16. The van der Waals surface area contributed by atoms with Gasteiger partial charge >= 0.3 is 0 Å². The van der Waals surface area contributed by atoms with Gasteiger partial charge in [-0.3, -0.25) is 4.99 Å². The zero-order valence-corrected chi connectivity index (χ0v) is 15.7. The van der Waals surface area contributed by atoms with Crippen molar-refractivity contribution in [3.05, 3.63) is 59.8 Å². The van der Waals surface area contributed by atoms with Crippen LogP contribution in [0.5, 0.6) is 5.88 Å². The van der Waals surface area contributed by atoms with Crippen molar-refractivity contribution in [3.63, 3.8) is 0 Å². The van der Waals surface area contributed by atoms with Crippen molar-refractivity contribution in [2.24, 2.45) is 4.99 Å². The molecule has 1 aromatic carbocycles. The Morgan fingerprint density at radius 3 is 2.65 bits per heavy atom. The fourth-order valence-electron chi connectivity index (χ4n) is 3.41. The van der Waals surface area contributed by atoms with Crippen molar-refractivity contribution in [2.75, 3.05) is 20.2 Å². The standard InChI is InChI=1S/C21H28N4O/c1-3-26-19-14-17(10-13-23-19)15-24-20(22-2)25-16-21(11-7-12-21)18-8-5-4-6-9-18/h4-6,8-10,13-14H,3,7,11-12,15-16H2,1-2H3,(H2,22,24,25). The zero-order valence-electron chi connectivity index (χ0n) is 15.7. The largest absolute Gasteiger partial charge is 0.478 e. The Morgan fingerprint density at radius 2 is 2.00 bits per heavy atom. The Morgan fingerprint density at radius 1 is 1.19 bits per heavy atom. The summed E-state index contributed by atoms with van der Waals surface area (Å²) in [5.41, 5.74) is 2.77. The Bertz CT molecular complexity index is 726. The van der Waals surface area contributed by atoms with E-state index in [1.54, 1.807) is 6.20 Å². The van der Waals surface area contributed by atoms with Crippen molar-refractivity contribution in [3.8, 4) is 5.88 Å². The number of aliphatic imine (C=N–C) groups is 1. The van der Waals surface area contributed by atoms with E-state index in [0.717, 1.165) is 18.1 Å². The second-order valence-corrected chi connectivity index (χ2v) is 6.71. The maximum atomic E-state index is 5.46. The molecule has 0 aliphatic heterocycles. The number of pyridine rings is 1. The minimum absolute atomic E-state index is 0.234. The van der Waals surface area contributed by atoms with Gasteiger partial charge < -0.3 is 15.4 Å². The van der Waals surface area contributed by atoms with Crippen LogP contribution >= 0.6 is 0 Å². The first-order valence-electron chi connectivity index (χ1n) is 9.33. The lowest BCUT2D eigenvalue weighted by molar-refractivity contribution is 0.244. The highest BCUT2D eigenvalue weighted by Crippen LogP contribution is 2.43. The minimum Gasteiger partial charge on any atom is -0.478 e. The van der Waals surface area contributed by atoms with Gasteiger partial charge in [-0.15, -0.1) is 0 Å². The molecule has 2 N–H and O–H groups in total. The molecule has 0 unspecified atom stereocenters. The van der Waals surface area contributed by atoms with Gasteiger partial charge in [0.05, 0.1) is 6.61 Å². The van der Waals surface area contributed by atoms with Gasteiger partial charge in [-0.25, -0.2) is 4.98 Å². The fourth-order valence-corrected chi connectivity index (χ4v) is 3.41. The van der Waals surface area contributed by atoms with Crippen molar-refractivity contribution in [2.45, 2.75) is 38.1 Å². The number of hydrogen-bond acceptors (Lipinski definition) is 3. The number of nitrogens with zero attached hydrogens (tertiary/aromatic N) is 2. The molecule has 0 saturated heterocycles. The highest BCUT2D eigenvalue weighted by atomic mass is 16.5. The number of aromatic nitrogens is 1. The van der Waals surface area contributed by atoms with Gasteiger partial charge in [0.2, 0.25) is 5.88 Å². The highest BCUT2D eigenvalue weighted by molar-refractivity contribution is 5.79. The van der Waals surface area contributed by atoms with Crippen LogP contribution in [0, 0.1) is 0 Å². The SMILES string of the molecule is CCOc1cc(CNC(=NC)NCC2(c3ccccc3)CCC2)ccn1. The molecular weight excluding hydrogens is 324 g/mol. The van der Waals surface area contributed by atoms with Crippen molar-refractivity contribution < 1.29 is 4.74 Å². The van der Waals surface area contributed by atoms with Crippen LogP contribution in [-0.4, -0.2) is 31.1 Å². The number of guanidine groups is 1. The smallest absolute Gasteiger partial charge is 0.213 e. The lowest BCUT2D eigenvalue weighted by Gasteiger charge is -2.43. The summed E-state index contributed by atoms with van der Waals surface area (Å²) in [4.78, 5) is 8.57. The summed E-state index contributed by atoms with van der Waals surface area (Å²) in [6, 6.07) is 14.8. The van der Waals surface area contributed by atoms with E-state index in [-0.39, 0.29) is 5.41 Å². The van der Waals surface area contributed by atoms with E-state index in [1.807, 2.05) is 26.1 Å². The average molecular weight is 352 g/mol. The lowest BCUT2D eigenvalue weighted by atomic mass is 9.64. The van der Waals surface area contributed by atoms with E-state index in [4.69, 9.17) is 4.74 Å². The van der Waals surface area contributed by atoms with Crippen LogP contribution in [0.2, 0.25) is 0 Å². The number of ether oxygens (including phenoxy) is 1. The number of hydrogen-bond donors (Lipinski definition) is 2. The predicted octanol–water partition coefficient (Wildman–Crippen LogP) is 3.27. The molecule has 0 atom stereocenters. The van der Waals surface area contributed by atoms with E-state index >= 15 is 0 Å². The van der Waals surface area contributed by atoms with Gasteiger partial charge in [0.1, 0.15) is 0 Å². The van der Waals surface area contributed by atoms with E-state index in [9.17, 15) is 0 Å². The van der Waals surface area contributed by atoms with Gasteiger partial charge in [0.25, 0.3) is 0 Å². The molecule has 1 aromatic heterocycles. The summed E-state index contributed by atoms with van der Waals surface area (Å²) in [5, 5.41) is 6.90. The molecule has 26 heavy (non-hydrogen) atoms. The fraction of sp³-hybridized carbons (Fsp3) is 0.429. The quantitative estimate of drug-likeness (QED) is 0.593. The molecule has 1 fully saturated rings. The van der Waals surface area contributed by atoms with Crippen LogP contribution in [0.4, 0.5) is 0 Å². The summed E-state index contributed by atoms with van der Waals surface area (Å²) in [5.74, 6) is 1.48. The van der Waals surface area contributed by atoms with E-state index in [2.05, 4.69) is 50.9 Å². The average Bonchev–Trinajstić information content (AvgIpc) is 2.65. The van der Waals surface area contributed by atoms with Crippen LogP contribution < -0.4 is 15.4 Å². The van der Waals surface area contributed by atoms with Crippen molar-refractivity contribution in [1.29, 1.82) is 0 Å². The lowest BCUT2D eigenvalue weighted by Crippen LogP contribution is -2.48. The van der Waals surface area contributed by atoms with Crippen LogP contribution in [0.25, 0.3) is 0 Å². The summed E-state index contributed by atoms with van der Waals surface area (Å²) >= 11 is 0. The molecule has 0 radical (unpaired) electrons. The Labute approximate surface area is 155 Å². The molecule has 1 aliphatic rings. The molecule has 5 heteroatoms. The van der Waals surface area contributed by atoms with Gasteiger partial charge in [0, 0.05) is 37.8 Å². The van der Waals surface area contributed by atoms with Gasteiger partial charge in [0.15, 0.2) is 5.96 Å². The molecule has 2 aromatic rings. The first-order chi connectivity index (χ1) is 12.8. The summed E-state index contributed by atoms with van der Waals surface area (Å²) in [7, 11) is 1.81. The number of rotatable bonds is 7. The maximum absolute atomic E-state index is 5.46. The maximum Gasteiger partial charge on any atom is 0.213 e. The normalized spacial score (nSPS) is 15.8. The predicted molar refractivity (Wildman–Crippen MR) is 106 cm³/mol. The highest BCUT2D eigenvalue weighted by Gasteiger charge is 2.38. The van der Waals surface area contributed by atoms with Crippen LogP contribution in [0.1, 0.15) is 37.3 Å². The molecule has 0 amide bonds. The molecule has 1 aliphatic carbocycles. The molecule has 3 rings (SSSR count). The molecule has 5 nitrogen and oxygen atoms in total. The Kier molecular flexibility index (Phi) is 6.10. The van der Waals surface area contributed by atoms with E-state index in [0.29, 0.717) is 19.0 Å². The Balaban J connectivity index is 1.56. The van der Waals surface area contributed by atoms with Crippen LogP contribution in [-0.2, 0) is 12.0 Å². The third kappa shape index (κ3) is 4.34. The van der Waals surface area contributed by atoms with E-state index < -0.39 is 0 Å². The molecule has 0 spiro atoms. The van der Waals surface area contributed by atoms with Crippen molar-refractivity contribution in [1.82, 2.24) is 15.6 Å². The van der Waals surface area contributed by atoms with Crippen molar-refractivity contribution >= 4 is 5.96 Å². The third-order valence-corrected chi connectivity index (χ3v) is 5.07. The summed E-state index contributed by atoms with van der Waals surface area (Å²) in [6.07, 6.45) is 5.52. The summed E-state index contributed by atoms with van der Waals surface area (Å²) < 4.78 is 5.46. The number of nitrogens with one attached hydrogen (secondary N) is 2. The van der Waals surface area contributed by atoms with Gasteiger partial charge in [-0.05, 0) is 37.0 Å². The monoisotopic (exact) mass is 352 g/mol. The van der Waals surface area contributed by atoms with E-state index in [1.165, 1.54) is 24.8 Å². The molecule has 0 bridgehead atoms. The second kappa shape index (κ2) is 8.70. The molecule has 1 heterocycles. The van der Waals surface area contributed by atoms with Gasteiger partial charge in [-0.2, -0.15) is 0 Å². The van der Waals surface area contributed by atoms with Gasteiger partial charge in [-0.1, -0.05) is 36.8 Å². The minimum atomic E-state index is 0.234. The van der Waals surface area contributed by atoms with Crippen LogP contribution in [0.3, 0.4) is 0 Å². The third-order valence-electron chi connectivity index (χ3n) is 5.07. The van der Waals surface area contributed by atoms with Crippen LogP contribution in [0.15, 0.2) is 53.7 Å². The number of benzene rings is 1. The molecule has 1 saturated carbocycles. The first kappa shape index (κ1) is 18.2. The first-order valence-corrected chi connectivity index (χ1v) is 9.33. The second-order valence-electron chi connectivity index (χ2n) is 6.71. The Hall–Kier alpha value is -2.56.